The summed E-state index contributed by atoms with van der Waals surface area (Å²) in [5.41, 5.74) is 6.10. The number of ether oxygens (including phenoxy) is 1. The lowest BCUT2D eigenvalue weighted by Gasteiger charge is -2.23. The molecule has 1 rings (SSSR count). The molecule has 0 aromatic heterocycles. The molecule has 20 heavy (non-hydrogen) atoms. The summed E-state index contributed by atoms with van der Waals surface area (Å²) in [5, 5.41) is 0. The van der Waals surface area contributed by atoms with Crippen LogP contribution in [-0.4, -0.2) is 42.6 Å². The number of nitrogens with zero attached hydrogens (tertiary/aromatic N) is 1. The Morgan fingerprint density at radius 2 is 2.10 bits per heavy atom. The minimum Gasteiger partial charge on any atom is -0.393 e. The molecule has 1 aromatic rings. The van der Waals surface area contributed by atoms with E-state index in [0.717, 1.165) is 8.95 Å². The summed E-state index contributed by atoms with van der Waals surface area (Å²) in [5.74, 6) is -0.0773. The van der Waals surface area contributed by atoms with E-state index in [1.54, 1.807) is 18.1 Å². The molecule has 1 aromatic carbocycles. The van der Waals surface area contributed by atoms with E-state index in [2.05, 4.69) is 31.9 Å². The maximum Gasteiger partial charge on any atom is 0.255 e. The van der Waals surface area contributed by atoms with Gasteiger partial charge in [0.05, 0.1) is 17.2 Å². The smallest absolute Gasteiger partial charge is 0.255 e. The average molecular weight is 424 g/mol. The molecular formula is C13H16Br2N2O2S. The van der Waals surface area contributed by atoms with Gasteiger partial charge in [0.2, 0.25) is 0 Å². The Bertz CT molecular complexity index is 497. The number of thiocarbonyl (C=S) groups is 1. The average Bonchev–Trinajstić information content (AvgIpc) is 2.40. The number of benzene rings is 1. The minimum atomic E-state index is -0.0773. The normalized spacial score (nSPS) is 10.3. The fourth-order valence-electron chi connectivity index (χ4n) is 1.59. The number of nitrogens with two attached hydrogens (primary N) is 1. The molecule has 110 valence electrons. The second kappa shape index (κ2) is 8.71. The van der Waals surface area contributed by atoms with Gasteiger partial charge < -0.3 is 15.4 Å². The van der Waals surface area contributed by atoms with Gasteiger partial charge in [0.25, 0.3) is 5.91 Å². The van der Waals surface area contributed by atoms with Crippen molar-refractivity contribution in [3.05, 3.63) is 32.7 Å². The van der Waals surface area contributed by atoms with E-state index in [0.29, 0.717) is 36.7 Å². The highest BCUT2D eigenvalue weighted by Gasteiger charge is 2.18. The maximum atomic E-state index is 12.6. The van der Waals surface area contributed by atoms with Crippen molar-refractivity contribution in [1.82, 2.24) is 4.90 Å². The lowest BCUT2D eigenvalue weighted by Crippen LogP contribution is -2.36. The van der Waals surface area contributed by atoms with Crippen molar-refractivity contribution in [2.24, 2.45) is 5.73 Å². The van der Waals surface area contributed by atoms with Crippen molar-refractivity contribution >= 4 is 55.0 Å². The van der Waals surface area contributed by atoms with Gasteiger partial charge in [0.1, 0.15) is 0 Å². The lowest BCUT2D eigenvalue weighted by molar-refractivity contribution is 0.0700. The van der Waals surface area contributed by atoms with Gasteiger partial charge in [-0.3, -0.25) is 4.79 Å². The van der Waals surface area contributed by atoms with Crippen LogP contribution in [0.5, 0.6) is 0 Å². The predicted octanol–water partition coefficient (Wildman–Crippen LogP) is 2.98. The number of methoxy groups -OCH3 is 1. The van der Waals surface area contributed by atoms with E-state index < -0.39 is 0 Å². The van der Waals surface area contributed by atoms with E-state index in [9.17, 15) is 4.79 Å². The van der Waals surface area contributed by atoms with Crippen LogP contribution in [-0.2, 0) is 4.74 Å². The standard InChI is InChI=1S/C13H16Br2N2O2S/c1-19-7-6-17(5-4-12(16)20)13(18)10-8-9(14)2-3-11(10)15/h2-3,8H,4-7H2,1H3,(H2,16,20). The molecule has 2 N–H and O–H groups in total. The summed E-state index contributed by atoms with van der Waals surface area (Å²) in [6.45, 7) is 1.45. The molecule has 4 nitrogen and oxygen atoms in total. The zero-order valence-electron chi connectivity index (χ0n) is 11.1. The Kier molecular flexibility index (Phi) is 7.65. The first kappa shape index (κ1) is 17.6. The zero-order chi connectivity index (χ0) is 15.1. The lowest BCUT2D eigenvalue weighted by atomic mass is 10.2. The third kappa shape index (κ3) is 5.47. The van der Waals surface area contributed by atoms with Crippen molar-refractivity contribution in [3.8, 4) is 0 Å². The Labute approximate surface area is 140 Å². The van der Waals surface area contributed by atoms with Crippen molar-refractivity contribution in [3.63, 3.8) is 0 Å². The molecular weight excluding hydrogens is 408 g/mol. The van der Waals surface area contributed by atoms with Crippen LogP contribution < -0.4 is 5.73 Å². The first-order valence-electron chi connectivity index (χ1n) is 5.97. The van der Waals surface area contributed by atoms with Crippen LogP contribution in [0.2, 0.25) is 0 Å². The van der Waals surface area contributed by atoms with Gasteiger partial charge in [-0.2, -0.15) is 0 Å². The van der Waals surface area contributed by atoms with Crippen LogP contribution in [0.15, 0.2) is 27.1 Å². The number of carbonyl (C=O) groups is 1. The van der Waals surface area contributed by atoms with Gasteiger partial charge in [-0.25, -0.2) is 0 Å². The van der Waals surface area contributed by atoms with Gasteiger partial charge in [0, 0.05) is 35.6 Å². The van der Waals surface area contributed by atoms with Crippen LogP contribution in [0.3, 0.4) is 0 Å². The monoisotopic (exact) mass is 422 g/mol. The summed E-state index contributed by atoms with van der Waals surface area (Å²) in [4.78, 5) is 14.7. The van der Waals surface area contributed by atoms with Crippen molar-refractivity contribution in [2.75, 3.05) is 26.8 Å². The largest absolute Gasteiger partial charge is 0.393 e. The number of carbonyl (C=O) groups excluding carboxylic acids is 1. The van der Waals surface area contributed by atoms with Crippen LogP contribution in [0.4, 0.5) is 0 Å². The highest BCUT2D eigenvalue weighted by atomic mass is 79.9. The van der Waals surface area contributed by atoms with Gasteiger partial charge in [-0.05, 0) is 34.1 Å². The first-order chi connectivity index (χ1) is 9.45. The first-order valence-corrected chi connectivity index (χ1v) is 7.96. The fourth-order valence-corrected chi connectivity index (χ4v) is 2.46. The number of hydrogen-bond donors (Lipinski definition) is 1. The molecule has 0 unspecified atom stereocenters. The fraction of sp³-hybridized carbons (Fsp3) is 0.385. The van der Waals surface area contributed by atoms with Crippen LogP contribution >= 0.6 is 44.1 Å². The number of rotatable bonds is 7. The number of halogens is 2. The highest BCUT2D eigenvalue weighted by molar-refractivity contribution is 9.11. The second-order valence-electron chi connectivity index (χ2n) is 4.13. The van der Waals surface area contributed by atoms with E-state index in [1.165, 1.54) is 0 Å². The topological polar surface area (TPSA) is 55.6 Å². The second-order valence-corrected chi connectivity index (χ2v) is 6.42. The third-order valence-electron chi connectivity index (χ3n) is 2.64. The number of amides is 1. The van der Waals surface area contributed by atoms with Crippen LogP contribution in [0.1, 0.15) is 16.8 Å². The Morgan fingerprint density at radius 1 is 1.40 bits per heavy atom. The van der Waals surface area contributed by atoms with Gasteiger partial charge in [-0.1, -0.05) is 28.1 Å². The quantitative estimate of drug-likeness (QED) is 0.685. The third-order valence-corrected chi connectivity index (χ3v) is 4.03. The van der Waals surface area contributed by atoms with Gasteiger partial charge in [0.15, 0.2) is 0 Å². The van der Waals surface area contributed by atoms with Crippen LogP contribution in [0.25, 0.3) is 0 Å². The Hall–Kier alpha value is -0.500. The maximum absolute atomic E-state index is 12.6. The minimum absolute atomic E-state index is 0.0773. The molecule has 0 radical (unpaired) electrons. The number of hydrogen-bond acceptors (Lipinski definition) is 3. The van der Waals surface area contributed by atoms with E-state index in [4.69, 9.17) is 22.7 Å². The molecule has 0 spiro atoms. The highest BCUT2D eigenvalue weighted by Crippen LogP contribution is 2.23. The van der Waals surface area contributed by atoms with Crippen molar-refractivity contribution in [2.45, 2.75) is 6.42 Å². The molecule has 0 fully saturated rings. The predicted molar refractivity (Wildman–Crippen MR) is 91.0 cm³/mol. The Balaban J connectivity index is 2.90. The van der Waals surface area contributed by atoms with Gasteiger partial charge >= 0.3 is 0 Å². The summed E-state index contributed by atoms with van der Waals surface area (Å²) < 4.78 is 6.65. The van der Waals surface area contributed by atoms with Crippen molar-refractivity contribution in [1.29, 1.82) is 0 Å². The van der Waals surface area contributed by atoms with E-state index in [-0.39, 0.29) is 5.91 Å². The molecule has 0 aliphatic heterocycles. The zero-order valence-corrected chi connectivity index (χ0v) is 15.1. The molecule has 0 aliphatic carbocycles. The molecule has 0 saturated heterocycles. The van der Waals surface area contributed by atoms with E-state index >= 15 is 0 Å². The summed E-state index contributed by atoms with van der Waals surface area (Å²) >= 11 is 11.6. The van der Waals surface area contributed by atoms with Gasteiger partial charge in [-0.15, -0.1) is 0 Å². The molecule has 7 heteroatoms. The summed E-state index contributed by atoms with van der Waals surface area (Å²) in [7, 11) is 1.60. The van der Waals surface area contributed by atoms with E-state index in [1.807, 2.05) is 12.1 Å². The van der Waals surface area contributed by atoms with Crippen LogP contribution in [0, 0.1) is 0 Å². The molecule has 0 saturated carbocycles. The molecule has 0 heterocycles. The summed E-state index contributed by atoms with van der Waals surface area (Å²) in [6.07, 6.45) is 0.496. The molecule has 1 amide bonds. The molecule has 0 bridgehead atoms. The van der Waals surface area contributed by atoms with Crippen molar-refractivity contribution < 1.29 is 9.53 Å². The SMILES string of the molecule is COCCN(CCC(N)=S)C(=O)c1cc(Br)ccc1Br. The molecule has 0 aliphatic rings. The summed E-state index contributed by atoms with van der Waals surface area (Å²) in [6, 6.07) is 5.49. The molecule has 0 atom stereocenters. The Morgan fingerprint density at radius 3 is 2.70 bits per heavy atom.